The second kappa shape index (κ2) is 5.46. The Kier molecular flexibility index (Phi) is 3.52. The van der Waals surface area contributed by atoms with Crippen molar-refractivity contribution >= 4 is 11.7 Å². The summed E-state index contributed by atoms with van der Waals surface area (Å²) in [4.78, 5) is 12.3. The molecule has 1 atom stereocenters. The van der Waals surface area contributed by atoms with Crippen molar-refractivity contribution in [3.05, 3.63) is 47.2 Å². The second-order valence-corrected chi connectivity index (χ2v) is 5.02. The zero-order chi connectivity index (χ0) is 13.9. The summed E-state index contributed by atoms with van der Waals surface area (Å²) in [5.41, 5.74) is 3.54. The Balaban J connectivity index is 1.70. The first-order chi connectivity index (χ1) is 9.78. The van der Waals surface area contributed by atoms with Gasteiger partial charge in [0.15, 0.2) is 0 Å². The number of hydrogen-bond acceptors (Lipinski definition) is 3. The number of amides is 1. The fraction of sp³-hybridized carbons (Fsp3) is 0.333. The van der Waals surface area contributed by atoms with Gasteiger partial charge in [-0.05, 0) is 24.0 Å². The van der Waals surface area contributed by atoms with Crippen molar-refractivity contribution in [1.29, 1.82) is 0 Å². The summed E-state index contributed by atoms with van der Waals surface area (Å²) in [5, 5.41) is 13.0. The molecule has 0 radical (unpaired) electrons. The van der Waals surface area contributed by atoms with E-state index in [1.807, 2.05) is 19.1 Å². The molecule has 1 aliphatic heterocycles. The number of H-pyrrole nitrogens is 1. The molecule has 0 spiro atoms. The van der Waals surface area contributed by atoms with Crippen LogP contribution in [-0.4, -0.2) is 22.1 Å². The molecule has 0 unspecified atom stereocenters. The molecule has 0 saturated carbocycles. The third-order valence-corrected chi connectivity index (χ3v) is 3.74. The second-order valence-electron chi connectivity index (χ2n) is 5.02. The molecule has 3 rings (SSSR count). The molecule has 0 saturated heterocycles. The minimum Gasteiger partial charge on any atom is -0.309 e. The maximum Gasteiger partial charge on any atom is 0.243 e. The molecule has 1 aliphatic rings. The Hall–Kier alpha value is -2.14. The number of benzene rings is 1. The zero-order valence-electron chi connectivity index (χ0n) is 11.4. The molecule has 5 nitrogen and oxygen atoms in total. The van der Waals surface area contributed by atoms with E-state index in [4.69, 9.17) is 0 Å². The predicted octanol–water partition coefficient (Wildman–Crippen LogP) is 1.63. The van der Waals surface area contributed by atoms with E-state index >= 15 is 0 Å². The van der Waals surface area contributed by atoms with Crippen molar-refractivity contribution < 1.29 is 4.79 Å². The Morgan fingerprint density at radius 3 is 3.00 bits per heavy atom. The van der Waals surface area contributed by atoms with Gasteiger partial charge in [-0.25, -0.2) is 0 Å². The van der Waals surface area contributed by atoms with Crippen LogP contribution in [0.25, 0.3) is 0 Å². The number of rotatable bonds is 3. The molecular weight excluding hydrogens is 252 g/mol. The highest BCUT2D eigenvalue weighted by atomic mass is 16.2. The van der Waals surface area contributed by atoms with Crippen molar-refractivity contribution in [2.45, 2.75) is 32.4 Å². The van der Waals surface area contributed by atoms with Crippen molar-refractivity contribution in [2.24, 2.45) is 0 Å². The van der Waals surface area contributed by atoms with Gasteiger partial charge in [-0.15, -0.1) is 0 Å². The highest BCUT2D eigenvalue weighted by Gasteiger charge is 2.24. The molecule has 5 heteroatoms. The first-order valence-corrected chi connectivity index (χ1v) is 6.91. The summed E-state index contributed by atoms with van der Waals surface area (Å²) >= 11 is 0. The van der Waals surface area contributed by atoms with Gasteiger partial charge in [0, 0.05) is 12.1 Å². The predicted molar refractivity (Wildman–Crippen MR) is 77.4 cm³/mol. The Morgan fingerprint density at radius 2 is 2.20 bits per heavy atom. The van der Waals surface area contributed by atoms with E-state index in [1.54, 1.807) is 6.20 Å². The SMILES string of the molecule is CCc1cn[nH]c1NC(=O)[C@@H]1Cc2ccccc2CN1. The molecule has 1 aromatic carbocycles. The highest BCUT2D eigenvalue weighted by Crippen LogP contribution is 2.18. The number of aromatic amines is 1. The number of aryl methyl sites for hydroxylation is 1. The molecule has 1 aromatic heterocycles. The summed E-state index contributed by atoms with van der Waals surface area (Å²) in [6.45, 7) is 2.77. The van der Waals surface area contributed by atoms with Gasteiger partial charge in [0.2, 0.25) is 5.91 Å². The van der Waals surface area contributed by atoms with E-state index in [1.165, 1.54) is 11.1 Å². The lowest BCUT2D eigenvalue weighted by molar-refractivity contribution is -0.118. The molecular formula is C15H18N4O. The average Bonchev–Trinajstić information content (AvgIpc) is 2.94. The van der Waals surface area contributed by atoms with E-state index < -0.39 is 0 Å². The summed E-state index contributed by atoms with van der Waals surface area (Å²) in [5.74, 6) is 0.691. The summed E-state index contributed by atoms with van der Waals surface area (Å²) < 4.78 is 0. The number of carbonyl (C=O) groups is 1. The average molecular weight is 270 g/mol. The van der Waals surface area contributed by atoms with Gasteiger partial charge < -0.3 is 10.6 Å². The lowest BCUT2D eigenvalue weighted by Gasteiger charge is -2.25. The number of nitrogens with one attached hydrogen (secondary N) is 3. The fourth-order valence-electron chi connectivity index (χ4n) is 2.54. The monoisotopic (exact) mass is 270 g/mol. The van der Waals surface area contributed by atoms with Gasteiger partial charge in [0.1, 0.15) is 5.82 Å². The molecule has 20 heavy (non-hydrogen) atoms. The number of hydrogen-bond donors (Lipinski definition) is 3. The van der Waals surface area contributed by atoms with Crippen LogP contribution in [-0.2, 0) is 24.2 Å². The zero-order valence-corrected chi connectivity index (χ0v) is 11.4. The van der Waals surface area contributed by atoms with Crippen LogP contribution in [0.4, 0.5) is 5.82 Å². The van der Waals surface area contributed by atoms with E-state index in [0.29, 0.717) is 5.82 Å². The Bertz CT molecular complexity index is 620. The number of aromatic nitrogens is 2. The van der Waals surface area contributed by atoms with Crippen molar-refractivity contribution in [3.63, 3.8) is 0 Å². The van der Waals surface area contributed by atoms with Crippen LogP contribution in [0.2, 0.25) is 0 Å². The molecule has 1 amide bonds. The van der Waals surface area contributed by atoms with Crippen LogP contribution in [0.5, 0.6) is 0 Å². The summed E-state index contributed by atoms with van der Waals surface area (Å²) in [7, 11) is 0. The van der Waals surface area contributed by atoms with Gasteiger partial charge in [0.25, 0.3) is 0 Å². The van der Waals surface area contributed by atoms with Crippen LogP contribution in [0.3, 0.4) is 0 Å². The smallest absolute Gasteiger partial charge is 0.243 e. The largest absolute Gasteiger partial charge is 0.309 e. The fourth-order valence-corrected chi connectivity index (χ4v) is 2.54. The molecule has 0 aliphatic carbocycles. The minimum absolute atomic E-state index is 0.0153. The minimum atomic E-state index is -0.196. The first-order valence-electron chi connectivity index (χ1n) is 6.91. The highest BCUT2D eigenvalue weighted by molar-refractivity contribution is 5.95. The molecule has 0 bridgehead atoms. The van der Waals surface area contributed by atoms with Crippen LogP contribution in [0.15, 0.2) is 30.5 Å². The number of nitrogens with zero attached hydrogens (tertiary/aromatic N) is 1. The van der Waals surface area contributed by atoms with Gasteiger partial charge >= 0.3 is 0 Å². The van der Waals surface area contributed by atoms with Gasteiger partial charge in [-0.1, -0.05) is 31.2 Å². The Morgan fingerprint density at radius 1 is 1.40 bits per heavy atom. The Labute approximate surface area is 117 Å². The quantitative estimate of drug-likeness (QED) is 0.794. The van der Waals surface area contributed by atoms with Crippen LogP contribution < -0.4 is 10.6 Å². The number of carbonyl (C=O) groups excluding carboxylic acids is 1. The van der Waals surface area contributed by atoms with E-state index in [2.05, 4.69) is 33.0 Å². The third-order valence-electron chi connectivity index (χ3n) is 3.74. The lowest BCUT2D eigenvalue weighted by Crippen LogP contribution is -2.44. The molecule has 2 aromatic rings. The summed E-state index contributed by atoms with van der Waals surface area (Å²) in [6.07, 6.45) is 3.31. The van der Waals surface area contributed by atoms with Gasteiger partial charge in [-0.2, -0.15) is 5.10 Å². The van der Waals surface area contributed by atoms with Gasteiger partial charge in [0.05, 0.1) is 12.2 Å². The molecule has 0 fully saturated rings. The maximum atomic E-state index is 12.3. The lowest BCUT2D eigenvalue weighted by atomic mass is 9.95. The first kappa shape index (κ1) is 12.9. The summed E-state index contributed by atoms with van der Waals surface area (Å²) in [6, 6.07) is 8.03. The molecule has 2 heterocycles. The van der Waals surface area contributed by atoms with E-state index in [0.717, 1.165) is 24.9 Å². The van der Waals surface area contributed by atoms with Crippen LogP contribution >= 0.6 is 0 Å². The van der Waals surface area contributed by atoms with Crippen molar-refractivity contribution in [3.8, 4) is 0 Å². The maximum absolute atomic E-state index is 12.3. The molecule has 3 N–H and O–H groups in total. The van der Waals surface area contributed by atoms with Crippen molar-refractivity contribution in [1.82, 2.24) is 15.5 Å². The van der Waals surface area contributed by atoms with Crippen LogP contribution in [0.1, 0.15) is 23.6 Å². The van der Waals surface area contributed by atoms with Crippen molar-refractivity contribution in [2.75, 3.05) is 5.32 Å². The van der Waals surface area contributed by atoms with Gasteiger partial charge in [-0.3, -0.25) is 9.89 Å². The topological polar surface area (TPSA) is 69.8 Å². The van der Waals surface area contributed by atoms with Crippen LogP contribution in [0, 0.1) is 0 Å². The number of anilines is 1. The van der Waals surface area contributed by atoms with E-state index in [9.17, 15) is 4.79 Å². The number of fused-ring (bicyclic) bond motifs is 1. The van der Waals surface area contributed by atoms with E-state index in [-0.39, 0.29) is 11.9 Å². The molecule has 104 valence electrons. The normalized spacial score (nSPS) is 17.6. The third kappa shape index (κ3) is 2.44. The standard InChI is InChI=1S/C15H18N4O/c1-2-10-9-17-19-14(10)18-15(20)13-7-11-5-3-4-6-12(11)8-16-13/h3-6,9,13,16H,2,7-8H2,1H3,(H2,17,18,19,20)/t13-/m0/s1.